The third-order valence-electron chi connectivity index (χ3n) is 8.89. The lowest BCUT2D eigenvalue weighted by atomic mass is 9.84. The van der Waals surface area contributed by atoms with Gasteiger partial charge in [0, 0.05) is 49.0 Å². The van der Waals surface area contributed by atoms with Crippen LogP contribution < -0.4 is 15.5 Å². The first-order valence-corrected chi connectivity index (χ1v) is 12.7. The molecule has 4 aliphatic rings. The molecule has 182 valence electrons. The molecule has 1 aromatic heterocycles. The van der Waals surface area contributed by atoms with E-state index in [1.807, 2.05) is 7.05 Å². The molecule has 2 bridgehead atoms. The lowest BCUT2D eigenvalue weighted by molar-refractivity contribution is -0.214. The molecule has 1 fully saturated rings. The fourth-order valence-electron chi connectivity index (χ4n) is 7.52. The van der Waals surface area contributed by atoms with Crippen molar-refractivity contribution < 1.29 is 14.3 Å². The van der Waals surface area contributed by atoms with Crippen molar-refractivity contribution in [1.82, 2.24) is 15.2 Å². The van der Waals surface area contributed by atoms with Gasteiger partial charge in [-0.25, -0.2) is 0 Å². The summed E-state index contributed by atoms with van der Waals surface area (Å²) in [4.78, 5) is 15.7. The maximum Gasteiger partial charge on any atom is 0.252 e. The molecule has 3 aromatic carbocycles. The van der Waals surface area contributed by atoms with Crippen molar-refractivity contribution in [2.24, 2.45) is 0 Å². The molecule has 36 heavy (non-hydrogen) atoms. The van der Waals surface area contributed by atoms with E-state index in [4.69, 9.17) is 9.47 Å². The van der Waals surface area contributed by atoms with Gasteiger partial charge in [-0.1, -0.05) is 36.4 Å². The monoisotopic (exact) mass is 480 g/mol. The number of nitrogens with zero attached hydrogens (tertiary/aromatic N) is 2. The van der Waals surface area contributed by atoms with Crippen molar-refractivity contribution in [1.29, 1.82) is 0 Å². The number of para-hydroxylation sites is 2. The second kappa shape index (κ2) is 6.88. The summed E-state index contributed by atoms with van der Waals surface area (Å²) in [7, 11) is 3.78. The van der Waals surface area contributed by atoms with Gasteiger partial charge in [-0.15, -0.1) is 0 Å². The number of anilines is 2. The molecule has 4 aliphatic heterocycles. The van der Waals surface area contributed by atoms with E-state index >= 15 is 0 Å². The highest BCUT2D eigenvalue weighted by molar-refractivity contribution is 6.24. The highest BCUT2D eigenvalue weighted by Crippen LogP contribution is 2.57. The Balaban J connectivity index is 1.61. The van der Waals surface area contributed by atoms with Crippen LogP contribution in [0.2, 0.25) is 0 Å². The molecule has 1 amide bonds. The van der Waals surface area contributed by atoms with E-state index in [1.54, 1.807) is 7.11 Å². The number of hydrogen-bond donors (Lipinski definition) is 2. The minimum atomic E-state index is -0.770. The van der Waals surface area contributed by atoms with Gasteiger partial charge in [-0.3, -0.25) is 4.79 Å². The lowest BCUT2D eigenvalue weighted by Crippen LogP contribution is -2.65. The van der Waals surface area contributed by atoms with Crippen LogP contribution in [0.1, 0.15) is 46.6 Å². The molecule has 8 rings (SSSR count). The van der Waals surface area contributed by atoms with Gasteiger partial charge in [-0.2, -0.15) is 0 Å². The molecule has 4 atom stereocenters. The number of methoxy groups -OCH3 is 1. The minimum Gasteiger partial charge on any atom is -0.375 e. The van der Waals surface area contributed by atoms with Gasteiger partial charge in [0.15, 0.2) is 5.72 Å². The SMILES string of the molecule is CN[C@H]1CC2OC(C)([C@H]1OC)N1c3ccccc3Cc3c4c(c5c6ccccc6n2c5c31)C(=O)NC4. The van der Waals surface area contributed by atoms with Crippen LogP contribution >= 0.6 is 0 Å². The van der Waals surface area contributed by atoms with E-state index in [1.165, 1.54) is 11.1 Å². The molecule has 7 nitrogen and oxygen atoms in total. The largest absolute Gasteiger partial charge is 0.375 e. The van der Waals surface area contributed by atoms with Crippen molar-refractivity contribution in [3.8, 4) is 0 Å². The number of carbonyl (C=O) groups excluding carboxylic acids is 1. The number of nitrogens with one attached hydrogen (secondary N) is 2. The van der Waals surface area contributed by atoms with Crippen LogP contribution in [0.15, 0.2) is 48.5 Å². The van der Waals surface area contributed by atoms with Gasteiger partial charge < -0.3 is 29.6 Å². The molecule has 7 heteroatoms. The highest BCUT2D eigenvalue weighted by atomic mass is 16.6. The Labute approximate surface area is 209 Å². The molecule has 2 unspecified atom stereocenters. The van der Waals surface area contributed by atoms with Gasteiger partial charge in [0.2, 0.25) is 0 Å². The second-order valence-corrected chi connectivity index (χ2v) is 10.5. The Hall–Kier alpha value is -3.39. The molecule has 0 spiro atoms. The van der Waals surface area contributed by atoms with Crippen LogP contribution in [-0.4, -0.2) is 42.5 Å². The Morgan fingerprint density at radius 1 is 1.14 bits per heavy atom. The van der Waals surface area contributed by atoms with Gasteiger partial charge in [0.25, 0.3) is 5.91 Å². The third kappa shape index (κ3) is 2.28. The van der Waals surface area contributed by atoms with Crippen LogP contribution in [-0.2, 0) is 22.4 Å². The van der Waals surface area contributed by atoms with Crippen molar-refractivity contribution in [2.45, 2.75) is 50.4 Å². The van der Waals surface area contributed by atoms with Gasteiger partial charge in [0.05, 0.1) is 22.3 Å². The molecule has 0 radical (unpaired) electrons. The maximum atomic E-state index is 13.3. The number of carbonyl (C=O) groups is 1. The zero-order chi connectivity index (χ0) is 24.3. The van der Waals surface area contributed by atoms with E-state index in [0.29, 0.717) is 6.54 Å². The number of likely N-dealkylation sites (N-methyl/N-ethyl adjacent to an activating group) is 1. The van der Waals surface area contributed by atoms with Crippen molar-refractivity contribution in [3.05, 3.63) is 70.8 Å². The number of amides is 1. The molecule has 0 saturated carbocycles. The van der Waals surface area contributed by atoms with Crippen LogP contribution in [0.3, 0.4) is 0 Å². The molecule has 0 aliphatic carbocycles. The topological polar surface area (TPSA) is 67.8 Å². The summed E-state index contributed by atoms with van der Waals surface area (Å²) < 4.78 is 15.7. The third-order valence-corrected chi connectivity index (χ3v) is 8.89. The zero-order valence-corrected chi connectivity index (χ0v) is 20.6. The zero-order valence-electron chi connectivity index (χ0n) is 20.6. The second-order valence-electron chi connectivity index (χ2n) is 10.5. The Bertz CT molecular complexity index is 1620. The van der Waals surface area contributed by atoms with E-state index in [9.17, 15) is 4.79 Å². The Kier molecular flexibility index (Phi) is 3.97. The number of hydrogen-bond acceptors (Lipinski definition) is 5. The first-order chi connectivity index (χ1) is 17.6. The van der Waals surface area contributed by atoms with Crippen LogP contribution in [0, 0.1) is 0 Å². The number of ether oxygens (including phenoxy) is 2. The molecule has 5 heterocycles. The van der Waals surface area contributed by atoms with Crippen LogP contribution in [0.4, 0.5) is 11.4 Å². The fourth-order valence-corrected chi connectivity index (χ4v) is 7.52. The van der Waals surface area contributed by atoms with Gasteiger partial charge in [-0.05, 0) is 42.8 Å². The fraction of sp³-hybridized carbons (Fsp3) is 0.345. The van der Waals surface area contributed by atoms with Crippen molar-refractivity contribution in [2.75, 3.05) is 19.1 Å². The Morgan fingerprint density at radius 2 is 1.94 bits per heavy atom. The predicted molar refractivity (Wildman–Crippen MR) is 139 cm³/mol. The van der Waals surface area contributed by atoms with Crippen LogP contribution in [0.5, 0.6) is 0 Å². The molecular formula is C29H28N4O3. The number of aromatic nitrogens is 1. The molecular weight excluding hydrogens is 452 g/mol. The molecule has 2 N–H and O–H groups in total. The molecule has 1 saturated heterocycles. The van der Waals surface area contributed by atoms with E-state index in [0.717, 1.165) is 57.1 Å². The summed E-state index contributed by atoms with van der Waals surface area (Å²) in [5, 5.41) is 8.81. The smallest absolute Gasteiger partial charge is 0.252 e. The summed E-state index contributed by atoms with van der Waals surface area (Å²) >= 11 is 0. The van der Waals surface area contributed by atoms with E-state index in [-0.39, 0.29) is 24.3 Å². The van der Waals surface area contributed by atoms with E-state index in [2.05, 4.69) is 75.6 Å². The number of benzene rings is 3. The number of fused-ring (bicyclic) bond motifs is 12. The summed E-state index contributed by atoms with van der Waals surface area (Å²) in [5.74, 6) is 0.0170. The Morgan fingerprint density at radius 3 is 2.78 bits per heavy atom. The maximum absolute atomic E-state index is 13.3. The average molecular weight is 481 g/mol. The van der Waals surface area contributed by atoms with Gasteiger partial charge in [0.1, 0.15) is 12.3 Å². The molecule has 4 aromatic rings. The average Bonchev–Trinajstić information content (AvgIpc) is 3.42. The van der Waals surface area contributed by atoms with E-state index < -0.39 is 5.72 Å². The van der Waals surface area contributed by atoms with Crippen LogP contribution in [0.25, 0.3) is 21.8 Å². The quantitative estimate of drug-likeness (QED) is 0.447. The summed E-state index contributed by atoms with van der Waals surface area (Å²) in [5.41, 5.74) is 8.11. The predicted octanol–water partition coefficient (Wildman–Crippen LogP) is 4.33. The summed E-state index contributed by atoms with van der Waals surface area (Å²) in [6.45, 7) is 2.72. The minimum absolute atomic E-state index is 0.0170. The van der Waals surface area contributed by atoms with Gasteiger partial charge >= 0.3 is 0 Å². The highest BCUT2D eigenvalue weighted by Gasteiger charge is 2.56. The lowest BCUT2D eigenvalue weighted by Gasteiger charge is -2.53. The van der Waals surface area contributed by atoms with Crippen molar-refractivity contribution >= 4 is 39.1 Å². The first-order valence-electron chi connectivity index (χ1n) is 12.7. The summed E-state index contributed by atoms with van der Waals surface area (Å²) in [6, 6.07) is 17.1. The normalized spacial score (nSPS) is 27.7. The first kappa shape index (κ1) is 20.8. The number of rotatable bonds is 2. The standard InChI is InChI=1S/C29H28N4O3/c1-29-27(35-3)19(30-2)13-22(36-29)32-21-11-7-5-9-16(21)23-24-18(14-31-28(24)34)17-12-15-8-4-6-10-20(15)33(29)25(17)26(23)32/h4-11,19,22,27,30H,12-14H2,1-3H3,(H,31,34)/t19-,22?,27-,29?/m0/s1. The van der Waals surface area contributed by atoms with Crippen molar-refractivity contribution in [3.63, 3.8) is 0 Å². The summed E-state index contributed by atoms with van der Waals surface area (Å²) in [6.07, 6.45) is 1.11.